The number of benzene rings is 2. The molecule has 2 aromatic rings. The smallest absolute Gasteiger partial charge is 0.0497 e. The summed E-state index contributed by atoms with van der Waals surface area (Å²) in [5.74, 6) is 0. The third-order valence-corrected chi connectivity index (χ3v) is 3.91. The zero-order valence-corrected chi connectivity index (χ0v) is 12.7. The van der Waals surface area contributed by atoms with Gasteiger partial charge in [-0.15, -0.1) is 0 Å². The fourth-order valence-corrected chi connectivity index (χ4v) is 2.88. The Morgan fingerprint density at radius 1 is 1.00 bits per heavy atom. The van der Waals surface area contributed by atoms with Crippen molar-refractivity contribution in [3.63, 3.8) is 0 Å². The van der Waals surface area contributed by atoms with Crippen LogP contribution in [-0.2, 0) is 6.42 Å². The van der Waals surface area contributed by atoms with E-state index >= 15 is 0 Å². The first-order chi connectivity index (χ1) is 10.3. The molecule has 106 valence electrons. The van der Waals surface area contributed by atoms with E-state index < -0.39 is 0 Å². The summed E-state index contributed by atoms with van der Waals surface area (Å²) in [6.07, 6.45) is 9.75. The average molecular weight is 275 g/mol. The fraction of sp³-hybridized carbons (Fsp3) is 0.200. The van der Waals surface area contributed by atoms with Gasteiger partial charge >= 0.3 is 0 Å². The Hall–Kier alpha value is -2.28. The normalized spacial score (nSPS) is 20.9. The molecule has 21 heavy (non-hydrogen) atoms. The van der Waals surface area contributed by atoms with E-state index in [1.54, 1.807) is 0 Å². The highest BCUT2D eigenvalue weighted by molar-refractivity contribution is 5.69. The predicted octanol–water partition coefficient (Wildman–Crippen LogP) is 5.19. The van der Waals surface area contributed by atoms with Crippen LogP contribution in [0.3, 0.4) is 0 Å². The Labute approximate surface area is 127 Å². The molecule has 1 heteroatoms. The van der Waals surface area contributed by atoms with Gasteiger partial charge in [-0.05, 0) is 44.0 Å². The first kappa shape index (κ1) is 13.7. The molecule has 1 aliphatic heterocycles. The fourth-order valence-electron chi connectivity index (χ4n) is 2.88. The summed E-state index contributed by atoms with van der Waals surface area (Å²) in [4.78, 5) is 2.41. The van der Waals surface area contributed by atoms with Gasteiger partial charge in [-0.2, -0.15) is 0 Å². The van der Waals surface area contributed by atoms with Crippen molar-refractivity contribution in [3.8, 4) is 0 Å². The first-order valence-corrected chi connectivity index (χ1v) is 7.53. The zero-order chi connectivity index (χ0) is 14.7. The van der Waals surface area contributed by atoms with E-state index in [0.29, 0.717) is 6.04 Å². The van der Waals surface area contributed by atoms with Gasteiger partial charge in [-0.25, -0.2) is 0 Å². The summed E-state index contributed by atoms with van der Waals surface area (Å²) in [6.45, 7) is 4.40. The number of rotatable bonds is 1. The molecule has 1 aliphatic rings. The Bertz CT molecular complexity index is 667. The Morgan fingerprint density at radius 3 is 2.62 bits per heavy atom. The summed E-state index contributed by atoms with van der Waals surface area (Å²) in [7, 11) is 0. The number of allylic oxidation sites excluding steroid dienone is 3. The average Bonchev–Trinajstić information content (AvgIpc) is 2.57. The molecule has 1 unspecified atom stereocenters. The molecule has 1 nitrogen and oxygen atoms in total. The van der Waals surface area contributed by atoms with E-state index in [1.807, 2.05) is 0 Å². The lowest BCUT2D eigenvalue weighted by atomic mass is 10.0. The Morgan fingerprint density at radius 2 is 1.81 bits per heavy atom. The SMILES string of the molecule is Cc1ccc2c(c1)C/C=C\C=C/C(C)N2c1ccccc1. The minimum atomic E-state index is 0.316. The molecule has 0 amide bonds. The second kappa shape index (κ2) is 6.01. The van der Waals surface area contributed by atoms with Gasteiger partial charge in [0.2, 0.25) is 0 Å². The molecule has 0 bridgehead atoms. The topological polar surface area (TPSA) is 3.24 Å². The Kier molecular flexibility index (Phi) is 3.92. The molecule has 0 radical (unpaired) electrons. The van der Waals surface area contributed by atoms with E-state index in [1.165, 1.54) is 22.5 Å². The highest BCUT2D eigenvalue weighted by Crippen LogP contribution is 2.32. The number of para-hydroxylation sites is 1. The maximum atomic E-state index is 2.41. The number of aryl methyl sites for hydroxylation is 1. The van der Waals surface area contributed by atoms with E-state index in [2.05, 4.69) is 91.6 Å². The molecule has 0 fully saturated rings. The van der Waals surface area contributed by atoms with Crippen molar-refractivity contribution in [1.29, 1.82) is 0 Å². The summed E-state index contributed by atoms with van der Waals surface area (Å²) in [6, 6.07) is 17.7. The van der Waals surface area contributed by atoms with Gasteiger partial charge in [0.1, 0.15) is 0 Å². The standard InChI is InChI=1S/C20H21N/c1-16-13-14-20-18(15-16)10-6-3-5-9-17(2)21(20)19-11-7-4-8-12-19/h3-9,11-15,17H,10H2,1-2H3/b6-3-,9-5-. The van der Waals surface area contributed by atoms with Crippen LogP contribution in [-0.4, -0.2) is 6.04 Å². The molecule has 0 N–H and O–H groups in total. The summed E-state index contributed by atoms with van der Waals surface area (Å²) in [5.41, 5.74) is 5.23. The molecule has 0 saturated carbocycles. The molecule has 0 saturated heterocycles. The number of anilines is 2. The van der Waals surface area contributed by atoms with Crippen LogP contribution in [0, 0.1) is 6.92 Å². The highest BCUT2D eigenvalue weighted by Gasteiger charge is 2.17. The van der Waals surface area contributed by atoms with E-state index in [-0.39, 0.29) is 0 Å². The largest absolute Gasteiger partial charge is 0.335 e. The lowest BCUT2D eigenvalue weighted by Gasteiger charge is -2.31. The molecule has 0 aromatic heterocycles. The second-order valence-corrected chi connectivity index (χ2v) is 5.60. The van der Waals surface area contributed by atoms with Crippen molar-refractivity contribution in [2.45, 2.75) is 26.3 Å². The van der Waals surface area contributed by atoms with Crippen LogP contribution < -0.4 is 4.90 Å². The molecule has 0 aliphatic carbocycles. The Balaban J connectivity index is 2.16. The summed E-state index contributed by atoms with van der Waals surface area (Å²) >= 11 is 0. The van der Waals surface area contributed by atoms with Crippen LogP contribution in [0.5, 0.6) is 0 Å². The number of fused-ring (bicyclic) bond motifs is 1. The van der Waals surface area contributed by atoms with Crippen molar-refractivity contribution in [3.05, 3.63) is 84.0 Å². The molecule has 1 atom stereocenters. The predicted molar refractivity (Wildman–Crippen MR) is 91.2 cm³/mol. The molecular weight excluding hydrogens is 254 g/mol. The maximum Gasteiger partial charge on any atom is 0.0497 e. The van der Waals surface area contributed by atoms with Gasteiger partial charge in [0.05, 0.1) is 0 Å². The molecule has 3 rings (SSSR count). The van der Waals surface area contributed by atoms with Crippen LogP contribution in [0.1, 0.15) is 18.1 Å². The van der Waals surface area contributed by atoms with Crippen LogP contribution in [0.4, 0.5) is 11.4 Å². The number of hydrogen-bond acceptors (Lipinski definition) is 1. The van der Waals surface area contributed by atoms with Crippen molar-refractivity contribution in [1.82, 2.24) is 0 Å². The minimum Gasteiger partial charge on any atom is -0.335 e. The highest BCUT2D eigenvalue weighted by atomic mass is 15.2. The quantitative estimate of drug-likeness (QED) is 0.692. The minimum absolute atomic E-state index is 0.316. The van der Waals surface area contributed by atoms with Crippen molar-refractivity contribution in [2.75, 3.05) is 4.90 Å². The molecule has 0 spiro atoms. The summed E-state index contributed by atoms with van der Waals surface area (Å²) in [5, 5.41) is 0. The number of nitrogens with zero attached hydrogens (tertiary/aromatic N) is 1. The second-order valence-electron chi connectivity index (χ2n) is 5.60. The lowest BCUT2D eigenvalue weighted by Crippen LogP contribution is -2.27. The lowest BCUT2D eigenvalue weighted by molar-refractivity contribution is 0.859. The van der Waals surface area contributed by atoms with Crippen molar-refractivity contribution in [2.24, 2.45) is 0 Å². The van der Waals surface area contributed by atoms with Crippen LogP contribution in [0.2, 0.25) is 0 Å². The zero-order valence-electron chi connectivity index (χ0n) is 12.7. The van der Waals surface area contributed by atoms with E-state index in [9.17, 15) is 0 Å². The van der Waals surface area contributed by atoms with Crippen LogP contribution in [0.25, 0.3) is 0 Å². The first-order valence-electron chi connectivity index (χ1n) is 7.53. The number of hydrogen-bond donors (Lipinski definition) is 0. The molecule has 2 aromatic carbocycles. The molecule has 1 heterocycles. The van der Waals surface area contributed by atoms with Crippen molar-refractivity contribution >= 4 is 11.4 Å². The van der Waals surface area contributed by atoms with Gasteiger partial charge in [0.15, 0.2) is 0 Å². The van der Waals surface area contributed by atoms with E-state index in [0.717, 1.165) is 6.42 Å². The monoisotopic (exact) mass is 275 g/mol. The molecular formula is C20H21N. The van der Waals surface area contributed by atoms with Crippen LogP contribution in [0.15, 0.2) is 72.8 Å². The van der Waals surface area contributed by atoms with Crippen LogP contribution >= 0.6 is 0 Å². The van der Waals surface area contributed by atoms with Gasteiger partial charge in [-0.1, -0.05) is 60.2 Å². The van der Waals surface area contributed by atoms with Crippen molar-refractivity contribution < 1.29 is 0 Å². The van der Waals surface area contributed by atoms with Gasteiger partial charge in [-0.3, -0.25) is 0 Å². The third kappa shape index (κ3) is 2.92. The van der Waals surface area contributed by atoms with Gasteiger partial charge < -0.3 is 4.90 Å². The van der Waals surface area contributed by atoms with Gasteiger partial charge in [0.25, 0.3) is 0 Å². The van der Waals surface area contributed by atoms with Gasteiger partial charge in [0, 0.05) is 17.4 Å². The summed E-state index contributed by atoms with van der Waals surface area (Å²) < 4.78 is 0. The maximum absolute atomic E-state index is 2.41. The van der Waals surface area contributed by atoms with E-state index in [4.69, 9.17) is 0 Å². The third-order valence-electron chi connectivity index (χ3n) is 3.91.